The van der Waals surface area contributed by atoms with Crippen LogP contribution in [-0.4, -0.2) is 40.6 Å². The first kappa shape index (κ1) is 19.5. The number of fused-ring (bicyclic) bond motifs is 1. The van der Waals surface area contributed by atoms with E-state index in [1.165, 1.54) is 19.3 Å². The summed E-state index contributed by atoms with van der Waals surface area (Å²) in [5.41, 5.74) is 1.09. The molecule has 8 heteroatoms. The second kappa shape index (κ2) is 7.06. The lowest BCUT2D eigenvalue weighted by Crippen LogP contribution is -2.39. The zero-order valence-corrected chi connectivity index (χ0v) is 18.3. The molecule has 1 aromatic carbocycles. The lowest BCUT2D eigenvalue weighted by molar-refractivity contribution is 0.249. The lowest BCUT2D eigenvalue weighted by Gasteiger charge is -2.32. The molecule has 1 saturated carbocycles. The van der Waals surface area contributed by atoms with Gasteiger partial charge in [0.15, 0.2) is 0 Å². The van der Waals surface area contributed by atoms with E-state index in [0.717, 1.165) is 49.4 Å². The monoisotopic (exact) mass is 434 g/mol. The number of benzene rings is 1. The fourth-order valence-corrected chi connectivity index (χ4v) is 6.80. The number of nitrogens with zero attached hydrogens (tertiary/aromatic N) is 4. The molecule has 0 N–H and O–H groups in total. The van der Waals surface area contributed by atoms with Gasteiger partial charge in [0.1, 0.15) is 11.6 Å². The van der Waals surface area contributed by atoms with Crippen molar-refractivity contribution in [2.45, 2.75) is 69.2 Å². The molecule has 1 aromatic heterocycles. The molecule has 2 aliphatic heterocycles. The van der Waals surface area contributed by atoms with E-state index in [1.54, 1.807) is 22.5 Å². The maximum absolute atomic E-state index is 13.1. The largest absolute Gasteiger partial charge is 0.315 e. The van der Waals surface area contributed by atoms with Gasteiger partial charge in [-0.05, 0) is 62.1 Å². The standard InChI is InChI=1S/C21H27ClN4O2S/c1-15-6-7-16(13-18(15)22)29(27,28)25-11-8-21(9-12-25)14-17(21)20-24-23-19-5-3-2-4-10-26(19)20/h6-7,13,17H,2-5,8-12,14H2,1H3/t17-/m1/s1. The van der Waals surface area contributed by atoms with Gasteiger partial charge in [0.05, 0.1) is 4.90 Å². The highest BCUT2D eigenvalue weighted by atomic mass is 35.5. The number of sulfonamides is 1. The molecule has 3 aliphatic rings. The Labute approximate surface area is 177 Å². The number of piperidine rings is 1. The summed E-state index contributed by atoms with van der Waals surface area (Å²) in [7, 11) is -3.50. The van der Waals surface area contributed by atoms with Crippen molar-refractivity contribution in [2.24, 2.45) is 5.41 Å². The summed E-state index contributed by atoms with van der Waals surface area (Å²) in [6.45, 7) is 4.03. The summed E-state index contributed by atoms with van der Waals surface area (Å²) < 4.78 is 30.1. The molecular formula is C21H27ClN4O2S. The van der Waals surface area contributed by atoms with Crippen LogP contribution in [-0.2, 0) is 23.0 Å². The molecule has 2 aromatic rings. The smallest absolute Gasteiger partial charge is 0.243 e. The van der Waals surface area contributed by atoms with Crippen LogP contribution in [0.3, 0.4) is 0 Å². The third-order valence-corrected chi connectivity index (χ3v) is 9.44. The van der Waals surface area contributed by atoms with Crippen molar-refractivity contribution in [3.05, 3.63) is 40.4 Å². The summed E-state index contributed by atoms with van der Waals surface area (Å²) in [6, 6.07) is 5.00. The van der Waals surface area contributed by atoms with Crippen molar-refractivity contribution < 1.29 is 8.42 Å². The number of hydrogen-bond donors (Lipinski definition) is 0. The summed E-state index contributed by atoms with van der Waals surface area (Å²) in [4.78, 5) is 0.291. The Balaban J connectivity index is 1.30. The van der Waals surface area contributed by atoms with Crippen LogP contribution in [0.2, 0.25) is 5.02 Å². The van der Waals surface area contributed by atoms with E-state index in [9.17, 15) is 8.42 Å². The van der Waals surface area contributed by atoms with Gasteiger partial charge < -0.3 is 4.57 Å². The molecule has 5 rings (SSSR count). The molecular weight excluding hydrogens is 408 g/mol. The third-order valence-electron chi connectivity index (χ3n) is 7.14. The van der Waals surface area contributed by atoms with Crippen molar-refractivity contribution in [3.63, 3.8) is 0 Å². The number of halogens is 1. The van der Waals surface area contributed by atoms with Crippen LogP contribution in [0.5, 0.6) is 0 Å². The first-order chi connectivity index (χ1) is 13.9. The van der Waals surface area contributed by atoms with E-state index in [-0.39, 0.29) is 5.41 Å². The van der Waals surface area contributed by atoms with Crippen molar-refractivity contribution in [1.29, 1.82) is 0 Å². The zero-order valence-electron chi connectivity index (χ0n) is 16.8. The normalized spacial score (nSPS) is 24.3. The predicted octanol–water partition coefficient (Wildman–Crippen LogP) is 3.92. The van der Waals surface area contributed by atoms with Gasteiger partial charge in [-0.3, -0.25) is 0 Å². The second-order valence-corrected chi connectivity index (χ2v) is 11.2. The van der Waals surface area contributed by atoms with Crippen LogP contribution in [0, 0.1) is 12.3 Å². The third kappa shape index (κ3) is 3.31. The van der Waals surface area contributed by atoms with Crippen LogP contribution < -0.4 is 0 Å². The van der Waals surface area contributed by atoms with Gasteiger partial charge in [-0.25, -0.2) is 8.42 Å². The summed E-state index contributed by atoms with van der Waals surface area (Å²) >= 11 is 6.16. The lowest BCUT2D eigenvalue weighted by atomic mass is 9.91. The summed E-state index contributed by atoms with van der Waals surface area (Å²) in [5, 5.41) is 9.50. The quantitative estimate of drug-likeness (QED) is 0.734. The molecule has 1 aliphatic carbocycles. The van der Waals surface area contributed by atoms with Gasteiger partial charge in [0, 0.05) is 37.0 Å². The Morgan fingerprint density at radius 1 is 1.10 bits per heavy atom. The van der Waals surface area contributed by atoms with E-state index in [0.29, 0.717) is 28.9 Å². The fourth-order valence-electron chi connectivity index (χ4n) is 5.09. The van der Waals surface area contributed by atoms with Gasteiger partial charge >= 0.3 is 0 Å². The SMILES string of the molecule is Cc1ccc(S(=O)(=O)N2CCC3(CC2)C[C@@H]3c2nnc3n2CCCCC3)cc1Cl. The number of hydrogen-bond acceptors (Lipinski definition) is 4. The Bertz CT molecular complexity index is 1040. The van der Waals surface area contributed by atoms with Crippen molar-refractivity contribution >= 4 is 21.6 Å². The molecule has 1 spiro atoms. The van der Waals surface area contributed by atoms with E-state index in [4.69, 9.17) is 11.6 Å². The van der Waals surface area contributed by atoms with Crippen LogP contribution in [0.15, 0.2) is 23.1 Å². The molecule has 1 atom stereocenters. The average Bonchev–Trinajstić information content (AvgIpc) is 3.33. The summed E-state index contributed by atoms with van der Waals surface area (Å²) in [6.07, 6.45) is 7.56. The molecule has 2 fully saturated rings. The van der Waals surface area contributed by atoms with Gasteiger partial charge in [-0.1, -0.05) is 24.1 Å². The highest BCUT2D eigenvalue weighted by molar-refractivity contribution is 7.89. The van der Waals surface area contributed by atoms with Crippen LogP contribution in [0.1, 0.15) is 61.7 Å². The molecule has 29 heavy (non-hydrogen) atoms. The molecule has 156 valence electrons. The van der Waals surface area contributed by atoms with E-state index < -0.39 is 10.0 Å². The fraction of sp³-hybridized carbons (Fsp3) is 0.619. The average molecular weight is 435 g/mol. The molecule has 0 unspecified atom stereocenters. The summed E-state index contributed by atoms with van der Waals surface area (Å²) in [5.74, 6) is 2.71. The van der Waals surface area contributed by atoms with Gasteiger partial charge in [0.25, 0.3) is 0 Å². The van der Waals surface area contributed by atoms with Crippen LogP contribution in [0.4, 0.5) is 0 Å². The topological polar surface area (TPSA) is 68.1 Å². The Morgan fingerprint density at radius 2 is 1.90 bits per heavy atom. The molecule has 0 amide bonds. The maximum Gasteiger partial charge on any atom is 0.243 e. The van der Waals surface area contributed by atoms with E-state index >= 15 is 0 Å². The minimum atomic E-state index is -3.50. The van der Waals surface area contributed by atoms with E-state index in [1.807, 2.05) is 6.92 Å². The molecule has 6 nitrogen and oxygen atoms in total. The maximum atomic E-state index is 13.1. The molecule has 0 radical (unpaired) electrons. The van der Waals surface area contributed by atoms with Crippen molar-refractivity contribution in [2.75, 3.05) is 13.1 Å². The second-order valence-electron chi connectivity index (χ2n) is 8.87. The predicted molar refractivity (Wildman–Crippen MR) is 112 cm³/mol. The van der Waals surface area contributed by atoms with Gasteiger partial charge in [-0.15, -0.1) is 10.2 Å². The number of aryl methyl sites for hydroxylation is 2. The number of rotatable bonds is 3. The highest BCUT2D eigenvalue weighted by Gasteiger charge is 2.58. The Kier molecular flexibility index (Phi) is 4.76. The van der Waals surface area contributed by atoms with Gasteiger partial charge in [0.2, 0.25) is 10.0 Å². The van der Waals surface area contributed by atoms with Crippen LogP contribution in [0.25, 0.3) is 0 Å². The Morgan fingerprint density at radius 3 is 2.66 bits per heavy atom. The number of aromatic nitrogens is 3. The van der Waals surface area contributed by atoms with Crippen LogP contribution >= 0.6 is 11.6 Å². The molecule has 0 bridgehead atoms. The van der Waals surface area contributed by atoms with Gasteiger partial charge in [-0.2, -0.15) is 4.31 Å². The minimum Gasteiger partial charge on any atom is -0.315 e. The highest BCUT2D eigenvalue weighted by Crippen LogP contribution is 2.64. The zero-order chi connectivity index (χ0) is 20.2. The molecule has 1 saturated heterocycles. The van der Waals surface area contributed by atoms with Crippen molar-refractivity contribution in [3.8, 4) is 0 Å². The van der Waals surface area contributed by atoms with Crippen molar-refractivity contribution in [1.82, 2.24) is 19.1 Å². The molecule has 3 heterocycles. The van der Waals surface area contributed by atoms with E-state index in [2.05, 4.69) is 14.8 Å². The Hall–Kier alpha value is -1.44. The minimum absolute atomic E-state index is 0.201. The first-order valence-electron chi connectivity index (χ1n) is 10.6. The first-order valence-corrected chi connectivity index (χ1v) is 12.4.